The van der Waals surface area contributed by atoms with E-state index in [0.29, 0.717) is 31.1 Å². The van der Waals surface area contributed by atoms with Crippen molar-refractivity contribution in [1.29, 1.82) is 0 Å². The Morgan fingerprint density at radius 1 is 0.857 bits per heavy atom. The molecule has 0 heterocycles. The maximum Gasteiger partial charge on any atom is 0.211 e. The highest BCUT2D eigenvalue weighted by atomic mass is 32.2. The zero-order chi connectivity index (χ0) is 25.6. The smallest absolute Gasteiger partial charge is 0.211 e. The van der Waals surface area contributed by atoms with Gasteiger partial charge in [0.2, 0.25) is 10.0 Å². The van der Waals surface area contributed by atoms with Crippen LogP contribution >= 0.6 is 0 Å². The average molecular weight is 511 g/mol. The highest BCUT2D eigenvalue weighted by Gasteiger charge is 2.11. The molecule has 7 heteroatoms. The van der Waals surface area contributed by atoms with E-state index < -0.39 is 10.0 Å². The van der Waals surface area contributed by atoms with Crippen molar-refractivity contribution in [3.8, 4) is 11.5 Å². The molecule has 202 valence electrons. The summed E-state index contributed by atoms with van der Waals surface area (Å²) in [5.41, 5.74) is 6.29. The third-order valence-corrected chi connectivity index (χ3v) is 7.43. The molecule has 0 saturated carbocycles. The molecule has 0 amide bonds. The maximum absolute atomic E-state index is 12.3. The molecule has 0 aliphatic carbocycles. The molecule has 0 aliphatic heterocycles. The monoisotopic (exact) mass is 510 g/mol. The van der Waals surface area contributed by atoms with Crippen LogP contribution in [0.1, 0.15) is 102 Å². The summed E-state index contributed by atoms with van der Waals surface area (Å²) in [5.74, 6) is 1.35. The standard InChI is InChI=1S/C28H50N2O4S/c1-3-4-5-6-7-8-9-10-11-12-13-14-15-16-17-18-23-35(31,32)30-25-26-19-20-27(34-22-21-29)28(24-26)33-2/h10-11,19-20,24,30H,3-9,12-18,21-23,25,29H2,1-2H3/b11-10-. The molecule has 6 nitrogen and oxygen atoms in total. The third kappa shape index (κ3) is 16.7. The molecule has 0 radical (unpaired) electrons. The molecule has 0 fully saturated rings. The second kappa shape index (κ2) is 20.6. The van der Waals surface area contributed by atoms with Crippen LogP contribution in [0.5, 0.6) is 11.5 Å². The molecule has 0 atom stereocenters. The molecule has 35 heavy (non-hydrogen) atoms. The molecule has 0 saturated heterocycles. The highest BCUT2D eigenvalue weighted by Crippen LogP contribution is 2.28. The zero-order valence-corrected chi connectivity index (χ0v) is 23.0. The Bertz CT molecular complexity index is 781. The lowest BCUT2D eigenvalue weighted by molar-refractivity contribution is 0.302. The number of nitrogens with two attached hydrogens (primary N) is 1. The number of rotatable bonds is 23. The Morgan fingerprint density at radius 3 is 2.06 bits per heavy atom. The predicted octanol–water partition coefficient (Wildman–Crippen LogP) is 6.49. The fourth-order valence-electron chi connectivity index (χ4n) is 3.92. The Labute approximate surface area is 215 Å². The minimum atomic E-state index is -3.29. The first-order chi connectivity index (χ1) is 17.0. The molecule has 0 unspecified atom stereocenters. The van der Waals surface area contributed by atoms with Crippen molar-refractivity contribution in [3.63, 3.8) is 0 Å². The fourth-order valence-corrected chi connectivity index (χ4v) is 5.03. The van der Waals surface area contributed by atoms with Crippen molar-refractivity contribution >= 4 is 10.0 Å². The van der Waals surface area contributed by atoms with Crippen LogP contribution in [0.2, 0.25) is 0 Å². The van der Waals surface area contributed by atoms with Gasteiger partial charge in [-0.2, -0.15) is 0 Å². The average Bonchev–Trinajstić information content (AvgIpc) is 2.86. The van der Waals surface area contributed by atoms with Gasteiger partial charge in [-0.15, -0.1) is 0 Å². The van der Waals surface area contributed by atoms with Crippen LogP contribution in [0, 0.1) is 0 Å². The van der Waals surface area contributed by atoms with Crippen molar-refractivity contribution in [2.24, 2.45) is 5.73 Å². The van der Waals surface area contributed by atoms with E-state index in [4.69, 9.17) is 15.2 Å². The number of sulfonamides is 1. The number of unbranched alkanes of at least 4 members (excludes halogenated alkanes) is 12. The van der Waals surface area contributed by atoms with E-state index in [-0.39, 0.29) is 12.3 Å². The molecule has 0 bridgehead atoms. The lowest BCUT2D eigenvalue weighted by Crippen LogP contribution is -2.26. The molecule has 0 spiro atoms. The van der Waals surface area contributed by atoms with Gasteiger partial charge in [0, 0.05) is 13.1 Å². The summed E-state index contributed by atoms with van der Waals surface area (Å²) >= 11 is 0. The van der Waals surface area contributed by atoms with Gasteiger partial charge >= 0.3 is 0 Å². The topological polar surface area (TPSA) is 90.7 Å². The van der Waals surface area contributed by atoms with E-state index in [1.165, 1.54) is 70.6 Å². The van der Waals surface area contributed by atoms with Gasteiger partial charge in [-0.3, -0.25) is 0 Å². The van der Waals surface area contributed by atoms with Gasteiger partial charge in [-0.25, -0.2) is 13.1 Å². The maximum atomic E-state index is 12.3. The summed E-state index contributed by atoms with van der Waals surface area (Å²) in [6.45, 7) is 3.32. The van der Waals surface area contributed by atoms with Gasteiger partial charge in [-0.1, -0.05) is 82.9 Å². The van der Waals surface area contributed by atoms with Crippen LogP contribution in [0.3, 0.4) is 0 Å². The number of allylic oxidation sites excluding steroid dienone is 2. The lowest BCUT2D eigenvalue weighted by Gasteiger charge is -2.12. The fraction of sp³-hybridized carbons (Fsp3) is 0.714. The van der Waals surface area contributed by atoms with Crippen molar-refractivity contribution in [2.45, 2.75) is 103 Å². The van der Waals surface area contributed by atoms with Crippen LogP contribution in [-0.2, 0) is 16.6 Å². The van der Waals surface area contributed by atoms with E-state index in [1.54, 1.807) is 19.2 Å². The molecule has 1 aromatic rings. The second-order valence-electron chi connectivity index (χ2n) is 9.20. The number of hydrogen-bond donors (Lipinski definition) is 2. The van der Waals surface area contributed by atoms with E-state index in [9.17, 15) is 8.42 Å². The first-order valence-corrected chi connectivity index (χ1v) is 15.3. The number of hydrogen-bond acceptors (Lipinski definition) is 5. The van der Waals surface area contributed by atoms with Crippen molar-refractivity contribution in [3.05, 3.63) is 35.9 Å². The summed E-state index contributed by atoms with van der Waals surface area (Å²) in [6.07, 6.45) is 21.6. The van der Waals surface area contributed by atoms with E-state index >= 15 is 0 Å². The Balaban J connectivity index is 2.07. The number of benzene rings is 1. The molecule has 1 aromatic carbocycles. The minimum Gasteiger partial charge on any atom is -0.493 e. The van der Waals surface area contributed by atoms with Gasteiger partial charge < -0.3 is 15.2 Å². The first kappa shape index (κ1) is 31.5. The third-order valence-electron chi connectivity index (χ3n) is 6.02. The van der Waals surface area contributed by atoms with Crippen LogP contribution in [-0.4, -0.2) is 34.4 Å². The summed E-state index contributed by atoms with van der Waals surface area (Å²) in [6, 6.07) is 5.41. The number of ether oxygens (including phenoxy) is 2. The molecule has 0 aromatic heterocycles. The van der Waals surface area contributed by atoms with Crippen LogP contribution in [0.25, 0.3) is 0 Å². The predicted molar refractivity (Wildman–Crippen MR) is 148 cm³/mol. The van der Waals surface area contributed by atoms with E-state index in [0.717, 1.165) is 18.4 Å². The normalized spacial score (nSPS) is 11.9. The quantitative estimate of drug-likeness (QED) is 0.130. The van der Waals surface area contributed by atoms with Crippen LogP contribution in [0.4, 0.5) is 0 Å². The lowest BCUT2D eigenvalue weighted by atomic mass is 10.1. The van der Waals surface area contributed by atoms with Crippen molar-refractivity contribution in [1.82, 2.24) is 4.72 Å². The Morgan fingerprint density at radius 2 is 1.46 bits per heavy atom. The summed E-state index contributed by atoms with van der Waals surface area (Å²) in [7, 11) is -1.73. The molecule has 3 N–H and O–H groups in total. The van der Waals surface area contributed by atoms with Crippen LogP contribution in [0.15, 0.2) is 30.4 Å². The molecule has 1 rings (SSSR count). The number of nitrogens with one attached hydrogen (secondary N) is 1. The van der Waals surface area contributed by atoms with Crippen molar-refractivity contribution < 1.29 is 17.9 Å². The summed E-state index contributed by atoms with van der Waals surface area (Å²) < 4.78 is 38.2. The van der Waals surface area contributed by atoms with Crippen molar-refractivity contribution in [2.75, 3.05) is 26.0 Å². The van der Waals surface area contributed by atoms with E-state index in [2.05, 4.69) is 23.8 Å². The molecule has 0 aliphatic rings. The summed E-state index contributed by atoms with van der Waals surface area (Å²) in [5, 5.41) is 0. The molecular formula is C28H50N2O4S. The SMILES string of the molecule is CCCCCCCC/C=C\CCCCCCCCS(=O)(=O)NCc1ccc(OCCN)c(OC)c1. The van der Waals surface area contributed by atoms with Gasteiger partial charge in [0.1, 0.15) is 6.61 Å². The Kier molecular flexibility index (Phi) is 18.5. The van der Waals surface area contributed by atoms with Crippen LogP contribution < -0.4 is 19.9 Å². The second-order valence-corrected chi connectivity index (χ2v) is 11.1. The van der Waals surface area contributed by atoms with Gasteiger partial charge in [0.25, 0.3) is 0 Å². The largest absolute Gasteiger partial charge is 0.493 e. The van der Waals surface area contributed by atoms with Gasteiger partial charge in [-0.05, 0) is 49.8 Å². The van der Waals surface area contributed by atoms with E-state index in [1.807, 2.05) is 6.07 Å². The zero-order valence-electron chi connectivity index (χ0n) is 22.2. The number of methoxy groups -OCH3 is 1. The van der Waals surface area contributed by atoms with Gasteiger partial charge in [0.15, 0.2) is 11.5 Å². The summed E-state index contributed by atoms with van der Waals surface area (Å²) in [4.78, 5) is 0. The molecular weight excluding hydrogens is 460 g/mol. The Hall–Kier alpha value is -1.57. The minimum absolute atomic E-state index is 0.170. The van der Waals surface area contributed by atoms with Gasteiger partial charge in [0.05, 0.1) is 12.9 Å². The highest BCUT2D eigenvalue weighted by molar-refractivity contribution is 7.89. The first-order valence-electron chi connectivity index (χ1n) is 13.6.